The van der Waals surface area contributed by atoms with Crippen LogP contribution in [0.1, 0.15) is 0 Å². The molecular weight excluding hydrogens is 245 g/mol. The van der Waals surface area contributed by atoms with Crippen LogP contribution in [0.3, 0.4) is 0 Å². The van der Waals surface area contributed by atoms with Crippen LogP contribution >= 0.6 is 7.82 Å². The molecule has 0 aromatic heterocycles. The molecule has 0 amide bonds. The van der Waals surface area contributed by atoms with Gasteiger partial charge in [-0.25, -0.2) is 4.57 Å². The molecule has 0 rings (SSSR count). The van der Waals surface area contributed by atoms with Crippen LogP contribution in [0.2, 0.25) is 0 Å². The van der Waals surface area contributed by atoms with E-state index in [0.29, 0.717) is 0 Å². The SMILES string of the molecule is N[C@@H](CO)[C@@H](O)[C@H](O)C(=O)COP(=O)(O)O. The maximum Gasteiger partial charge on any atom is 0.470 e. The molecule has 9 nitrogen and oxygen atoms in total. The molecule has 0 spiro atoms. The lowest BCUT2D eigenvalue weighted by molar-refractivity contribution is -0.136. The minimum absolute atomic E-state index is 0.662. The summed E-state index contributed by atoms with van der Waals surface area (Å²) in [5, 5.41) is 26.9. The number of hydrogen-bond donors (Lipinski definition) is 6. The smallest absolute Gasteiger partial charge is 0.395 e. The molecule has 16 heavy (non-hydrogen) atoms. The van der Waals surface area contributed by atoms with Crippen molar-refractivity contribution in [3.05, 3.63) is 0 Å². The third-order valence-corrected chi connectivity index (χ3v) is 2.14. The maximum atomic E-state index is 11.0. The molecule has 10 heteroatoms. The minimum Gasteiger partial charge on any atom is -0.395 e. The van der Waals surface area contributed by atoms with Gasteiger partial charge >= 0.3 is 7.82 Å². The normalized spacial score (nSPS) is 17.9. The van der Waals surface area contributed by atoms with Gasteiger partial charge in [-0.3, -0.25) is 9.32 Å². The molecule has 0 fully saturated rings. The summed E-state index contributed by atoms with van der Waals surface area (Å²) in [6.45, 7) is -1.73. The van der Waals surface area contributed by atoms with E-state index in [0.717, 1.165) is 0 Å². The number of phosphoric acid groups is 1. The van der Waals surface area contributed by atoms with E-state index in [1.54, 1.807) is 0 Å². The van der Waals surface area contributed by atoms with E-state index in [-0.39, 0.29) is 0 Å². The lowest BCUT2D eigenvalue weighted by Gasteiger charge is -2.21. The fourth-order valence-electron chi connectivity index (χ4n) is 0.766. The van der Waals surface area contributed by atoms with E-state index in [1.807, 2.05) is 0 Å². The van der Waals surface area contributed by atoms with E-state index >= 15 is 0 Å². The maximum absolute atomic E-state index is 11.0. The van der Waals surface area contributed by atoms with Gasteiger partial charge in [-0.1, -0.05) is 0 Å². The molecule has 0 radical (unpaired) electrons. The standard InChI is InChI=1S/C6H14NO8P/c7-3(1-8)5(10)6(11)4(9)2-15-16(12,13)14/h3,5-6,8,10-11H,1-2,7H2,(H2,12,13,14)/t3-,5+,6+/m0/s1. The molecule has 0 unspecified atom stereocenters. The number of hydrogen-bond acceptors (Lipinski definition) is 7. The predicted octanol–water partition coefficient (Wildman–Crippen LogP) is -3.29. The van der Waals surface area contributed by atoms with Crippen molar-refractivity contribution in [1.82, 2.24) is 0 Å². The Morgan fingerprint density at radius 1 is 1.38 bits per heavy atom. The average Bonchev–Trinajstić information content (AvgIpc) is 2.21. The highest BCUT2D eigenvalue weighted by molar-refractivity contribution is 7.46. The Labute approximate surface area is 90.7 Å². The van der Waals surface area contributed by atoms with Gasteiger partial charge in [0, 0.05) is 0 Å². The number of nitrogens with two attached hydrogens (primary N) is 1. The first-order valence-corrected chi connectivity index (χ1v) is 5.67. The molecule has 0 aromatic rings. The van der Waals surface area contributed by atoms with Crippen LogP contribution in [0.15, 0.2) is 0 Å². The highest BCUT2D eigenvalue weighted by Crippen LogP contribution is 2.35. The van der Waals surface area contributed by atoms with Crippen molar-refractivity contribution in [1.29, 1.82) is 0 Å². The molecule has 0 heterocycles. The lowest BCUT2D eigenvalue weighted by Crippen LogP contribution is -2.49. The molecule has 96 valence electrons. The number of phosphoric ester groups is 1. The molecule has 3 atom stereocenters. The molecule has 0 bridgehead atoms. The van der Waals surface area contributed by atoms with E-state index in [2.05, 4.69) is 4.52 Å². The molecule has 0 aliphatic carbocycles. The molecule has 0 aliphatic heterocycles. The van der Waals surface area contributed by atoms with Crippen LogP contribution in [0.25, 0.3) is 0 Å². The van der Waals surface area contributed by atoms with Crippen molar-refractivity contribution < 1.29 is 39.0 Å². The number of carbonyl (C=O) groups is 1. The fourth-order valence-corrected chi connectivity index (χ4v) is 1.06. The second-order valence-corrected chi connectivity index (χ2v) is 4.25. The molecular formula is C6H14NO8P. The zero-order valence-corrected chi connectivity index (χ0v) is 9.03. The summed E-state index contributed by atoms with van der Waals surface area (Å²) in [6, 6.07) is -1.24. The van der Waals surface area contributed by atoms with Gasteiger partial charge in [-0.05, 0) is 0 Å². The summed E-state index contributed by atoms with van der Waals surface area (Å²) in [5.74, 6) is -1.15. The highest BCUT2D eigenvalue weighted by Gasteiger charge is 2.30. The monoisotopic (exact) mass is 259 g/mol. The van der Waals surface area contributed by atoms with Crippen molar-refractivity contribution in [2.75, 3.05) is 13.2 Å². The van der Waals surface area contributed by atoms with Crippen molar-refractivity contribution >= 4 is 13.6 Å². The lowest BCUT2D eigenvalue weighted by atomic mass is 10.0. The fraction of sp³-hybridized carbons (Fsp3) is 0.833. The number of carbonyl (C=O) groups excluding carboxylic acids is 1. The van der Waals surface area contributed by atoms with Gasteiger partial charge < -0.3 is 30.8 Å². The van der Waals surface area contributed by atoms with E-state index in [4.69, 9.17) is 25.7 Å². The van der Waals surface area contributed by atoms with Crippen LogP contribution in [-0.2, 0) is 13.9 Å². The third-order valence-electron chi connectivity index (χ3n) is 1.68. The Balaban J connectivity index is 4.23. The van der Waals surface area contributed by atoms with Gasteiger partial charge in [0.2, 0.25) is 0 Å². The molecule has 0 aliphatic rings. The van der Waals surface area contributed by atoms with Crippen molar-refractivity contribution in [2.45, 2.75) is 18.2 Å². The molecule has 0 aromatic carbocycles. The van der Waals surface area contributed by atoms with Crippen molar-refractivity contribution in [2.24, 2.45) is 5.73 Å². The van der Waals surface area contributed by atoms with Gasteiger partial charge in [-0.15, -0.1) is 0 Å². The zero-order valence-electron chi connectivity index (χ0n) is 8.13. The Kier molecular flexibility index (Phi) is 6.23. The quantitative estimate of drug-likeness (QED) is 0.256. The molecule has 0 saturated heterocycles. The summed E-state index contributed by atoms with van der Waals surface area (Å²) >= 11 is 0. The third kappa shape index (κ3) is 5.64. The molecule has 7 N–H and O–H groups in total. The summed E-state index contributed by atoms with van der Waals surface area (Å²) in [5.41, 5.74) is 5.13. The minimum atomic E-state index is -4.81. The number of Topliss-reactive ketones (excluding diaryl/α,β-unsaturated/α-hetero) is 1. The van der Waals surface area contributed by atoms with Gasteiger partial charge in [-0.2, -0.15) is 0 Å². The second kappa shape index (κ2) is 6.38. The molecule has 0 saturated carbocycles. The van der Waals surface area contributed by atoms with E-state index in [9.17, 15) is 14.5 Å². The van der Waals surface area contributed by atoms with Gasteiger partial charge in [0.1, 0.15) is 18.8 Å². The van der Waals surface area contributed by atoms with Crippen LogP contribution < -0.4 is 5.73 Å². The van der Waals surface area contributed by atoms with Crippen LogP contribution in [0, 0.1) is 0 Å². The first kappa shape index (κ1) is 15.6. The summed E-state index contributed by atoms with van der Waals surface area (Å²) < 4.78 is 14.0. The van der Waals surface area contributed by atoms with Gasteiger partial charge in [0.05, 0.1) is 12.6 Å². The van der Waals surface area contributed by atoms with Gasteiger partial charge in [0.25, 0.3) is 0 Å². The predicted molar refractivity (Wildman–Crippen MR) is 50.1 cm³/mol. The summed E-state index contributed by atoms with van der Waals surface area (Å²) in [4.78, 5) is 27.6. The van der Waals surface area contributed by atoms with Crippen LogP contribution in [-0.4, -0.2) is 62.4 Å². The zero-order chi connectivity index (χ0) is 12.9. The number of aliphatic hydroxyl groups is 3. The number of aliphatic hydroxyl groups excluding tert-OH is 3. The van der Waals surface area contributed by atoms with Crippen molar-refractivity contribution in [3.63, 3.8) is 0 Å². The van der Waals surface area contributed by atoms with E-state index < -0.39 is 45.1 Å². The number of rotatable bonds is 7. The van der Waals surface area contributed by atoms with Crippen LogP contribution in [0.5, 0.6) is 0 Å². The summed E-state index contributed by atoms with van der Waals surface area (Å²) in [7, 11) is -4.81. The first-order chi connectivity index (χ1) is 7.19. The van der Waals surface area contributed by atoms with Crippen molar-refractivity contribution in [3.8, 4) is 0 Å². The summed E-state index contributed by atoms with van der Waals surface area (Å²) in [6.07, 6.45) is -3.72. The largest absolute Gasteiger partial charge is 0.470 e. The highest BCUT2D eigenvalue weighted by atomic mass is 31.2. The Morgan fingerprint density at radius 3 is 2.25 bits per heavy atom. The Bertz CT molecular complexity index is 278. The number of ketones is 1. The van der Waals surface area contributed by atoms with E-state index in [1.165, 1.54) is 0 Å². The topological polar surface area (TPSA) is 171 Å². The Morgan fingerprint density at radius 2 is 1.88 bits per heavy atom. The van der Waals surface area contributed by atoms with Gasteiger partial charge in [0.15, 0.2) is 5.78 Å². The van der Waals surface area contributed by atoms with Crippen LogP contribution in [0.4, 0.5) is 0 Å². The first-order valence-electron chi connectivity index (χ1n) is 4.14. The second-order valence-electron chi connectivity index (χ2n) is 3.01. The average molecular weight is 259 g/mol. The Hall–Kier alpha value is -0.380.